The Labute approximate surface area is 124 Å². The number of aryl methyl sites for hydroxylation is 1. The van der Waals surface area contributed by atoms with Crippen LogP contribution >= 0.6 is 0 Å². The van der Waals surface area contributed by atoms with E-state index in [9.17, 15) is 4.79 Å². The second-order valence-corrected chi connectivity index (χ2v) is 6.27. The summed E-state index contributed by atoms with van der Waals surface area (Å²) in [5.41, 5.74) is 3.19. The van der Waals surface area contributed by atoms with E-state index in [0.717, 1.165) is 12.8 Å². The van der Waals surface area contributed by atoms with Crippen LogP contribution in [0.1, 0.15) is 47.9 Å². The number of imidazole rings is 1. The molecule has 0 spiro atoms. The van der Waals surface area contributed by atoms with Crippen molar-refractivity contribution in [1.29, 1.82) is 0 Å². The fourth-order valence-corrected chi connectivity index (χ4v) is 3.34. The maximum atomic E-state index is 12.0. The monoisotopic (exact) mass is 284 g/mol. The topological polar surface area (TPSA) is 44.1 Å². The summed E-state index contributed by atoms with van der Waals surface area (Å²) in [5, 5.41) is 0. The molecule has 1 aliphatic rings. The van der Waals surface area contributed by atoms with Crippen molar-refractivity contribution in [3.8, 4) is 0 Å². The summed E-state index contributed by atoms with van der Waals surface area (Å²) in [4.78, 5) is 16.1. The van der Waals surface area contributed by atoms with Crippen LogP contribution in [-0.2, 0) is 11.2 Å². The van der Waals surface area contributed by atoms with E-state index in [0.29, 0.717) is 5.69 Å². The first-order valence-corrected chi connectivity index (χ1v) is 7.22. The summed E-state index contributed by atoms with van der Waals surface area (Å²) in [6, 6.07) is 8.55. The van der Waals surface area contributed by atoms with E-state index >= 15 is 0 Å². The molecule has 1 aromatic heterocycles. The molecular formula is C17H20N2O2. The number of carbonyl (C=O) groups excluding carboxylic acids is 1. The van der Waals surface area contributed by atoms with Crippen molar-refractivity contribution >= 4 is 5.97 Å². The molecule has 1 heterocycles. The Hall–Kier alpha value is -2.10. The molecule has 4 heteroatoms. The van der Waals surface area contributed by atoms with Crippen LogP contribution in [0, 0.1) is 5.41 Å². The lowest BCUT2D eigenvalue weighted by molar-refractivity contribution is 0.0581. The molecule has 21 heavy (non-hydrogen) atoms. The first-order valence-electron chi connectivity index (χ1n) is 7.22. The van der Waals surface area contributed by atoms with E-state index in [1.807, 2.05) is 4.57 Å². The van der Waals surface area contributed by atoms with Crippen LogP contribution in [0.25, 0.3) is 0 Å². The molecule has 0 N–H and O–H groups in total. The van der Waals surface area contributed by atoms with Gasteiger partial charge in [-0.05, 0) is 29.4 Å². The Kier molecular flexibility index (Phi) is 3.32. The van der Waals surface area contributed by atoms with E-state index in [-0.39, 0.29) is 17.4 Å². The summed E-state index contributed by atoms with van der Waals surface area (Å²) in [5.74, 6) is -0.341. The van der Waals surface area contributed by atoms with Gasteiger partial charge in [0.1, 0.15) is 5.69 Å². The number of rotatable bonds is 2. The molecule has 0 saturated carbocycles. The number of hydrogen-bond acceptors (Lipinski definition) is 3. The van der Waals surface area contributed by atoms with Gasteiger partial charge in [0.05, 0.1) is 25.7 Å². The predicted octanol–water partition coefficient (Wildman–Crippen LogP) is 3.23. The van der Waals surface area contributed by atoms with Crippen molar-refractivity contribution < 1.29 is 9.53 Å². The van der Waals surface area contributed by atoms with Gasteiger partial charge in [-0.3, -0.25) is 0 Å². The van der Waals surface area contributed by atoms with Gasteiger partial charge < -0.3 is 9.30 Å². The maximum Gasteiger partial charge on any atom is 0.356 e. The van der Waals surface area contributed by atoms with Crippen molar-refractivity contribution in [3.63, 3.8) is 0 Å². The van der Waals surface area contributed by atoms with E-state index in [2.05, 4.69) is 43.1 Å². The van der Waals surface area contributed by atoms with Crippen LogP contribution in [0.3, 0.4) is 0 Å². The van der Waals surface area contributed by atoms with Crippen LogP contribution in [0.15, 0.2) is 36.8 Å². The van der Waals surface area contributed by atoms with Crippen molar-refractivity contribution in [2.24, 2.45) is 5.41 Å². The third-order valence-electron chi connectivity index (χ3n) is 4.47. The van der Waals surface area contributed by atoms with Gasteiger partial charge in [0, 0.05) is 0 Å². The number of carbonyl (C=O) groups is 1. The Morgan fingerprint density at radius 3 is 2.90 bits per heavy atom. The Morgan fingerprint density at radius 1 is 1.38 bits per heavy atom. The number of fused-ring (bicyclic) bond motifs is 1. The van der Waals surface area contributed by atoms with Gasteiger partial charge in [-0.2, -0.15) is 0 Å². The molecule has 0 amide bonds. The van der Waals surface area contributed by atoms with Gasteiger partial charge in [-0.15, -0.1) is 0 Å². The second-order valence-electron chi connectivity index (χ2n) is 6.27. The van der Waals surface area contributed by atoms with Gasteiger partial charge in [-0.25, -0.2) is 9.78 Å². The minimum atomic E-state index is -0.341. The number of nitrogens with zero attached hydrogens (tertiary/aromatic N) is 2. The fraction of sp³-hybridized carbons (Fsp3) is 0.412. The van der Waals surface area contributed by atoms with Crippen LogP contribution in [0.4, 0.5) is 0 Å². The highest BCUT2D eigenvalue weighted by Crippen LogP contribution is 2.46. The highest BCUT2D eigenvalue weighted by atomic mass is 16.5. The zero-order valence-corrected chi connectivity index (χ0v) is 12.7. The van der Waals surface area contributed by atoms with Crippen molar-refractivity contribution in [2.45, 2.75) is 32.7 Å². The number of benzene rings is 1. The summed E-state index contributed by atoms with van der Waals surface area (Å²) in [7, 11) is 1.40. The molecular weight excluding hydrogens is 264 g/mol. The van der Waals surface area contributed by atoms with E-state index in [4.69, 9.17) is 4.74 Å². The normalized spacial score (nSPS) is 19.9. The number of hydrogen-bond donors (Lipinski definition) is 0. The summed E-state index contributed by atoms with van der Waals surface area (Å²) < 4.78 is 6.84. The summed E-state index contributed by atoms with van der Waals surface area (Å²) in [6.07, 6.45) is 5.47. The van der Waals surface area contributed by atoms with Gasteiger partial charge >= 0.3 is 5.97 Å². The average Bonchev–Trinajstić information content (AvgIpc) is 2.94. The van der Waals surface area contributed by atoms with Crippen molar-refractivity contribution in [1.82, 2.24) is 9.55 Å². The fourth-order valence-electron chi connectivity index (χ4n) is 3.34. The number of ether oxygens (including phenoxy) is 1. The van der Waals surface area contributed by atoms with Gasteiger partial charge in [-0.1, -0.05) is 38.1 Å². The summed E-state index contributed by atoms with van der Waals surface area (Å²) in [6.45, 7) is 4.49. The molecule has 0 bridgehead atoms. The summed E-state index contributed by atoms with van der Waals surface area (Å²) >= 11 is 0. The molecule has 0 aliphatic heterocycles. The molecule has 1 atom stereocenters. The average molecular weight is 284 g/mol. The zero-order chi connectivity index (χ0) is 15.0. The standard InChI is InChI=1S/C17H20N2O2/c1-17(2)9-8-12-6-4-5-7-13(12)15(17)19-11-18-10-14(19)16(20)21-3/h4-7,10-11,15H,8-9H2,1-3H3/t15-/m1/s1. The first-order chi connectivity index (χ1) is 10.0. The lowest BCUT2D eigenvalue weighted by Gasteiger charge is -2.41. The van der Waals surface area contributed by atoms with Gasteiger partial charge in [0.25, 0.3) is 0 Å². The van der Waals surface area contributed by atoms with Crippen molar-refractivity contribution in [3.05, 3.63) is 53.6 Å². The minimum Gasteiger partial charge on any atom is -0.464 e. The van der Waals surface area contributed by atoms with E-state index < -0.39 is 0 Å². The molecule has 0 unspecified atom stereocenters. The highest BCUT2D eigenvalue weighted by Gasteiger charge is 2.38. The van der Waals surface area contributed by atoms with Gasteiger partial charge in [0.15, 0.2) is 0 Å². The Balaban J connectivity index is 2.16. The molecule has 2 aromatic rings. The molecule has 0 saturated heterocycles. The number of esters is 1. The molecule has 3 rings (SSSR count). The van der Waals surface area contributed by atoms with Crippen LogP contribution in [-0.4, -0.2) is 22.6 Å². The smallest absolute Gasteiger partial charge is 0.356 e. The van der Waals surface area contributed by atoms with Gasteiger partial charge in [0.2, 0.25) is 0 Å². The SMILES string of the molecule is COC(=O)c1cncn1[C@@H]1c2ccccc2CCC1(C)C. The highest BCUT2D eigenvalue weighted by molar-refractivity contribution is 5.87. The zero-order valence-electron chi connectivity index (χ0n) is 12.7. The Morgan fingerprint density at radius 2 is 2.14 bits per heavy atom. The first kappa shape index (κ1) is 13.9. The minimum absolute atomic E-state index is 0.0534. The van der Waals surface area contributed by atoms with Crippen LogP contribution in [0.2, 0.25) is 0 Å². The van der Waals surface area contributed by atoms with Crippen molar-refractivity contribution in [2.75, 3.05) is 7.11 Å². The number of aromatic nitrogens is 2. The molecule has 110 valence electrons. The lowest BCUT2D eigenvalue weighted by Crippen LogP contribution is -2.34. The maximum absolute atomic E-state index is 12.0. The number of methoxy groups -OCH3 is 1. The Bertz CT molecular complexity index is 673. The molecule has 0 fully saturated rings. The van der Waals surface area contributed by atoms with E-state index in [1.165, 1.54) is 18.2 Å². The molecule has 0 radical (unpaired) electrons. The largest absolute Gasteiger partial charge is 0.464 e. The van der Waals surface area contributed by atoms with Crippen LogP contribution in [0.5, 0.6) is 0 Å². The van der Waals surface area contributed by atoms with E-state index in [1.54, 1.807) is 12.5 Å². The van der Waals surface area contributed by atoms with Crippen LogP contribution < -0.4 is 0 Å². The second kappa shape index (κ2) is 5.02. The quantitative estimate of drug-likeness (QED) is 0.795. The molecule has 4 nitrogen and oxygen atoms in total. The lowest BCUT2D eigenvalue weighted by atomic mass is 9.70. The predicted molar refractivity (Wildman–Crippen MR) is 80.2 cm³/mol. The third-order valence-corrected chi connectivity index (χ3v) is 4.47. The molecule has 1 aromatic carbocycles. The molecule has 1 aliphatic carbocycles. The third kappa shape index (κ3) is 2.24.